The molecule has 1 aromatic heterocycles. The third kappa shape index (κ3) is 3.38. The van der Waals surface area contributed by atoms with E-state index in [2.05, 4.69) is 11.9 Å². The molecule has 8 atom stereocenters. The van der Waals surface area contributed by atoms with Crippen LogP contribution in [0.25, 0.3) is 0 Å². The second kappa shape index (κ2) is 8.47. The van der Waals surface area contributed by atoms with E-state index in [1.54, 1.807) is 12.3 Å². The van der Waals surface area contributed by atoms with Gasteiger partial charge in [-0.05, 0) is 86.3 Å². The van der Waals surface area contributed by atoms with Gasteiger partial charge in [-0.3, -0.25) is 9.98 Å². The number of aliphatic imine (C=N–C) groups is 1. The van der Waals surface area contributed by atoms with Crippen LogP contribution in [0.3, 0.4) is 0 Å². The minimum atomic E-state index is -1.03. The van der Waals surface area contributed by atoms with Crippen molar-refractivity contribution in [2.45, 2.75) is 88.6 Å². The Kier molecular flexibility index (Phi) is 5.71. The number of carbonyl (C=O) groups is 1. The van der Waals surface area contributed by atoms with E-state index in [0.717, 1.165) is 36.8 Å². The molecule has 4 fully saturated rings. The van der Waals surface area contributed by atoms with Gasteiger partial charge in [0, 0.05) is 41.9 Å². The van der Waals surface area contributed by atoms with E-state index in [1.807, 2.05) is 24.5 Å². The Morgan fingerprint density at radius 2 is 1.97 bits per heavy atom. The number of aliphatic hydroxyl groups is 3. The Balaban J connectivity index is 1.35. The lowest BCUT2D eigenvalue weighted by atomic mass is 9.41. The molecule has 8 unspecified atom stereocenters. The Bertz CT molecular complexity index is 1090. The van der Waals surface area contributed by atoms with Crippen molar-refractivity contribution < 1.29 is 24.9 Å². The second-order valence-corrected chi connectivity index (χ2v) is 12.3. The third-order valence-electron chi connectivity index (χ3n) is 11.0. The zero-order chi connectivity index (χ0) is 25.2. The van der Waals surface area contributed by atoms with Crippen LogP contribution < -0.4 is 0 Å². The predicted octanol–water partition coefficient (Wildman–Crippen LogP) is 3.37. The number of hydrogen-bond donors (Lipinski definition) is 3. The zero-order valence-corrected chi connectivity index (χ0v) is 21.1. The Morgan fingerprint density at radius 3 is 2.72 bits per heavy atom. The minimum absolute atomic E-state index is 0.0419. The molecule has 2 heterocycles. The molecule has 0 spiro atoms. The maximum absolute atomic E-state index is 12.5. The van der Waals surface area contributed by atoms with Gasteiger partial charge in [-0.2, -0.15) is 0 Å². The molecule has 0 bridgehead atoms. The van der Waals surface area contributed by atoms with Gasteiger partial charge in [0.15, 0.2) is 0 Å². The van der Waals surface area contributed by atoms with Crippen LogP contribution in [0.5, 0.6) is 0 Å². The van der Waals surface area contributed by atoms with E-state index in [1.165, 1.54) is 0 Å². The van der Waals surface area contributed by atoms with Crippen molar-refractivity contribution in [3.63, 3.8) is 0 Å². The first-order valence-electron chi connectivity index (χ1n) is 13.6. The van der Waals surface area contributed by atoms with Gasteiger partial charge in [0.1, 0.15) is 6.61 Å². The number of aromatic nitrogens is 1. The average molecular weight is 495 g/mol. The summed E-state index contributed by atoms with van der Waals surface area (Å²) >= 11 is 0. The van der Waals surface area contributed by atoms with Crippen LogP contribution in [-0.2, 0) is 16.1 Å². The SMILES string of the molecule is CC12CCC3C(CCC4(O)CC(O)CCC34C=NCc3cccnc3)C1(O)CCC2C1=CC(=O)OC1. The zero-order valence-electron chi connectivity index (χ0n) is 21.1. The first-order chi connectivity index (χ1) is 17.2. The van der Waals surface area contributed by atoms with Crippen LogP contribution in [0.1, 0.15) is 70.3 Å². The molecule has 1 aromatic rings. The van der Waals surface area contributed by atoms with Crippen LogP contribution in [-0.4, -0.2) is 56.4 Å². The summed E-state index contributed by atoms with van der Waals surface area (Å²) in [6.45, 7) is 3.04. The summed E-state index contributed by atoms with van der Waals surface area (Å²) in [4.78, 5) is 20.9. The largest absolute Gasteiger partial charge is 0.458 e. The molecule has 3 N–H and O–H groups in total. The number of rotatable bonds is 4. The lowest BCUT2D eigenvalue weighted by molar-refractivity contribution is -0.237. The number of fused-ring (bicyclic) bond motifs is 5. The lowest BCUT2D eigenvalue weighted by Crippen LogP contribution is -2.68. The summed E-state index contributed by atoms with van der Waals surface area (Å²) in [7, 11) is 0. The van der Waals surface area contributed by atoms with Crippen molar-refractivity contribution in [3.05, 3.63) is 41.7 Å². The first-order valence-corrected chi connectivity index (χ1v) is 13.6. The fourth-order valence-corrected chi connectivity index (χ4v) is 9.17. The van der Waals surface area contributed by atoms with Crippen LogP contribution >= 0.6 is 0 Å². The van der Waals surface area contributed by atoms with E-state index >= 15 is 0 Å². The fourth-order valence-electron chi connectivity index (χ4n) is 9.17. The molecule has 4 aliphatic carbocycles. The molecule has 0 radical (unpaired) electrons. The van der Waals surface area contributed by atoms with E-state index < -0.39 is 22.7 Å². The fraction of sp³-hybridized carbons (Fsp3) is 0.690. The topological polar surface area (TPSA) is 112 Å². The highest BCUT2D eigenvalue weighted by Gasteiger charge is 2.71. The van der Waals surface area contributed by atoms with Crippen molar-refractivity contribution in [2.75, 3.05) is 6.61 Å². The Morgan fingerprint density at radius 1 is 1.14 bits per heavy atom. The molecule has 0 saturated heterocycles. The number of aliphatic hydroxyl groups excluding tert-OH is 1. The normalized spacial score (nSPS) is 46.1. The monoisotopic (exact) mass is 494 g/mol. The van der Waals surface area contributed by atoms with Crippen LogP contribution in [0.4, 0.5) is 0 Å². The number of pyridine rings is 1. The van der Waals surface area contributed by atoms with Crippen LogP contribution in [0.2, 0.25) is 0 Å². The van der Waals surface area contributed by atoms with Crippen molar-refractivity contribution in [1.29, 1.82) is 0 Å². The standard InChI is InChI=1S/C29H38N2O5/c1-26-8-5-23-24(29(26,35)11-7-22(26)20-13-25(33)36-17-20)6-10-28(34)14-21(32)4-9-27(23,28)18-31-16-19-3-2-12-30-15-19/h2-3,12-13,15,18,21-24,32,34-35H,4-11,14,16-17H2,1H3. The predicted molar refractivity (Wildman–Crippen MR) is 134 cm³/mol. The molecule has 1 aliphatic heterocycles. The molecule has 7 nitrogen and oxygen atoms in total. The molecule has 36 heavy (non-hydrogen) atoms. The van der Waals surface area contributed by atoms with E-state index in [4.69, 9.17) is 9.73 Å². The molecular weight excluding hydrogens is 456 g/mol. The highest BCUT2D eigenvalue weighted by Crippen LogP contribution is 2.70. The maximum atomic E-state index is 12.5. The van der Waals surface area contributed by atoms with Gasteiger partial charge < -0.3 is 20.1 Å². The molecule has 0 aromatic carbocycles. The maximum Gasteiger partial charge on any atom is 0.331 e. The average Bonchev–Trinajstić information content (AvgIpc) is 3.40. The summed E-state index contributed by atoms with van der Waals surface area (Å²) in [6.07, 6.45) is 12.9. The van der Waals surface area contributed by atoms with Crippen molar-refractivity contribution in [3.8, 4) is 0 Å². The molecular formula is C29H38N2O5. The summed E-state index contributed by atoms with van der Waals surface area (Å²) < 4.78 is 5.24. The third-order valence-corrected chi connectivity index (χ3v) is 11.0. The Hall–Kier alpha value is -2.09. The molecule has 4 saturated carbocycles. The highest BCUT2D eigenvalue weighted by molar-refractivity contribution is 5.85. The van der Waals surface area contributed by atoms with Gasteiger partial charge in [0.2, 0.25) is 0 Å². The van der Waals surface area contributed by atoms with Crippen molar-refractivity contribution in [1.82, 2.24) is 4.98 Å². The number of esters is 1. The van der Waals surface area contributed by atoms with Crippen molar-refractivity contribution >= 4 is 12.2 Å². The van der Waals surface area contributed by atoms with Gasteiger partial charge in [-0.1, -0.05) is 13.0 Å². The molecule has 5 aliphatic rings. The highest BCUT2D eigenvalue weighted by atomic mass is 16.5. The number of ether oxygens (including phenoxy) is 1. The second-order valence-electron chi connectivity index (χ2n) is 12.3. The lowest BCUT2D eigenvalue weighted by Gasteiger charge is -2.65. The minimum Gasteiger partial charge on any atom is -0.458 e. The molecule has 0 amide bonds. The summed E-state index contributed by atoms with van der Waals surface area (Å²) in [5.41, 5.74) is -0.747. The summed E-state index contributed by atoms with van der Waals surface area (Å²) in [6, 6.07) is 3.90. The van der Waals surface area contributed by atoms with Gasteiger partial charge in [0.05, 0.1) is 23.9 Å². The van der Waals surface area contributed by atoms with Gasteiger partial charge >= 0.3 is 5.97 Å². The van der Waals surface area contributed by atoms with E-state index in [0.29, 0.717) is 45.3 Å². The van der Waals surface area contributed by atoms with Crippen LogP contribution in [0.15, 0.2) is 41.2 Å². The smallest absolute Gasteiger partial charge is 0.331 e. The number of cyclic esters (lactones) is 1. The number of carbonyl (C=O) groups excluding carboxylic acids is 1. The number of hydrogen-bond acceptors (Lipinski definition) is 7. The van der Waals surface area contributed by atoms with E-state index in [-0.39, 0.29) is 29.1 Å². The number of nitrogens with zero attached hydrogens (tertiary/aromatic N) is 2. The first kappa shape index (κ1) is 24.3. The molecule has 6 rings (SSSR count). The molecule has 194 valence electrons. The van der Waals surface area contributed by atoms with Gasteiger partial charge in [-0.25, -0.2) is 4.79 Å². The summed E-state index contributed by atoms with van der Waals surface area (Å²) in [5.74, 6) is -0.00187. The summed E-state index contributed by atoms with van der Waals surface area (Å²) in [5, 5.41) is 35.1. The van der Waals surface area contributed by atoms with Gasteiger partial charge in [-0.15, -0.1) is 0 Å². The van der Waals surface area contributed by atoms with E-state index in [9.17, 15) is 20.1 Å². The quantitative estimate of drug-likeness (QED) is 0.437. The van der Waals surface area contributed by atoms with Crippen LogP contribution in [0, 0.1) is 28.6 Å². The molecule has 7 heteroatoms. The van der Waals surface area contributed by atoms with Gasteiger partial charge in [0.25, 0.3) is 0 Å². The Labute approximate surface area is 212 Å². The van der Waals surface area contributed by atoms with Crippen molar-refractivity contribution in [2.24, 2.45) is 33.6 Å².